The highest BCUT2D eigenvalue weighted by Crippen LogP contribution is 2.61. The van der Waals surface area contributed by atoms with Gasteiger partial charge in [0.2, 0.25) is 0 Å². The van der Waals surface area contributed by atoms with Crippen molar-refractivity contribution in [3.8, 4) is 0 Å². The van der Waals surface area contributed by atoms with Gasteiger partial charge in [0.25, 0.3) is 0 Å². The second-order valence-electron chi connectivity index (χ2n) is 6.24. The van der Waals surface area contributed by atoms with Crippen LogP contribution in [0.1, 0.15) is 50.4 Å². The van der Waals surface area contributed by atoms with Crippen molar-refractivity contribution >= 4 is 11.6 Å². The first-order valence-electron chi connectivity index (χ1n) is 7.51. The predicted octanol–water partition coefficient (Wildman–Crippen LogP) is 2.92. The van der Waals surface area contributed by atoms with Crippen LogP contribution in [0.3, 0.4) is 0 Å². The lowest BCUT2D eigenvalue weighted by molar-refractivity contribution is 0.466. The quantitative estimate of drug-likeness (QED) is 0.825. The number of nitrogens with one attached hydrogen (secondary N) is 1. The molecule has 2 fully saturated rings. The van der Waals surface area contributed by atoms with Crippen LogP contribution in [-0.4, -0.2) is 16.5 Å². The van der Waals surface area contributed by atoms with E-state index in [4.69, 9.17) is 5.73 Å². The Kier molecular flexibility index (Phi) is 3.11. The normalized spacial score (nSPS) is 20.3. The van der Waals surface area contributed by atoms with Crippen molar-refractivity contribution in [3.63, 3.8) is 0 Å². The lowest BCUT2D eigenvalue weighted by atomic mass is 10.0. The molecule has 0 spiro atoms. The Morgan fingerprint density at radius 2 is 2.05 bits per heavy atom. The summed E-state index contributed by atoms with van der Waals surface area (Å²) in [6.45, 7) is 5.20. The van der Waals surface area contributed by atoms with Gasteiger partial charge in [-0.15, -0.1) is 0 Å². The molecule has 2 aliphatic rings. The van der Waals surface area contributed by atoms with Gasteiger partial charge in [0, 0.05) is 18.5 Å². The first-order chi connectivity index (χ1) is 9.14. The van der Waals surface area contributed by atoms with Crippen molar-refractivity contribution in [1.82, 2.24) is 9.97 Å². The average Bonchev–Trinajstić information content (AvgIpc) is 3.25. The number of nitrogen functional groups attached to an aromatic ring is 1. The van der Waals surface area contributed by atoms with Gasteiger partial charge in [-0.05, 0) is 50.4 Å². The minimum absolute atomic E-state index is 0.580. The van der Waals surface area contributed by atoms with Crippen LogP contribution in [0.5, 0.6) is 0 Å². The third-order valence-corrected chi connectivity index (χ3v) is 4.65. The summed E-state index contributed by atoms with van der Waals surface area (Å²) in [6.07, 6.45) is 7.56. The lowest BCUT2D eigenvalue weighted by Gasteiger charge is -2.17. The second kappa shape index (κ2) is 4.66. The third-order valence-electron chi connectivity index (χ3n) is 4.65. The Balaban J connectivity index is 1.72. The summed E-state index contributed by atoms with van der Waals surface area (Å²) < 4.78 is 0. The van der Waals surface area contributed by atoms with Crippen LogP contribution < -0.4 is 11.1 Å². The maximum absolute atomic E-state index is 5.99. The molecule has 0 unspecified atom stereocenters. The number of anilines is 2. The topological polar surface area (TPSA) is 63.8 Å². The molecule has 2 saturated carbocycles. The van der Waals surface area contributed by atoms with Gasteiger partial charge < -0.3 is 11.1 Å². The Morgan fingerprint density at radius 1 is 1.32 bits per heavy atom. The zero-order chi connectivity index (χ0) is 13.5. The highest BCUT2D eigenvalue weighted by Gasteiger charge is 2.53. The molecule has 0 atom stereocenters. The monoisotopic (exact) mass is 260 g/mol. The number of aromatic nitrogens is 2. The van der Waals surface area contributed by atoms with Crippen molar-refractivity contribution in [2.45, 2.75) is 52.4 Å². The Bertz CT molecular complexity index is 475. The van der Waals surface area contributed by atoms with Gasteiger partial charge in [0.15, 0.2) is 0 Å². The Hall–Kier alpha value is -1.32. The first kappa shape index (κ1) is 12.7. The van der Waals surface area contributed by atoms with Gasteiger partial charge in [-0.2, -0.15) is 0 Å². The summed E-state index contributed by atoms with van der Waals surface area (Å²) in [5, 5.41) is 3.55. The fraction of sp³-hybridized carbons (Fsp3) is 0.733. The molecule has 3 rings (SSSR count). The number of hydrogen-bond donors (Lipinski definition) is 2. The third kappa shape index (κ3) is 2.53. The van der Waals surface area contributed by atoms with Gasteiger partial charge in [0.1, 0.15) is 17.5 Å². The van der Waals surface area contributed by atoms with Crippen molar-refractivity contribution in [2.75, 3.05) is 17.6 Å². The highest BCUT2D eigenvalue weighted by molar-refractivity contribution is 5.55. The number of nitrogens with zero attached hydrogens (tertiary/aromatic N) is 2. The van der Waals surface area contributed by atoms with Crippen LogP contribution >= 0.6 is 0 Å². The van der Waals surface area contributed by atoms with Crippen molar-refractivity contribution in [1.29, 1.82) is 0 Å². The SMILES string of the molecule is CCCc1nc(N)c(C)c(NCC2(C3CC3)CC2)n1. The van der Waals surface area contributed by atoms with E-state index >= 15 is 0 Å². The van der Waals surface area contributed by atoms with E-state index in [2.05, 4.69) is 22.2 Å². The Labute approximate surface area is 115 Å². The van der Waals surface area contributed by atoms with Crippen LogP contribution in [0.25, 0.3) is 0 Å². The van der Waals surface area contributed by atoms with Crippen molar-refractivity contribution in [3.05, 3.63) is 11.4 Å². The smallest absolute Gasteiger partial charge is 0.134 e. The molecule has 0 aliphatic heterocycles. The fourth-order valence-corrected chi connectivity index (χ4v) is 2.94. The number of aryl methyl sites for hydroxylation is 1. The number of nitrogens with two attached hydrogens (primary N) is 1. The summed E-state index contributed by atoms with van der Waals surface area (Å²) in [4.78, 5) is 8.99. The zero-order valence-corrected chi connectivity index (χ0v) is 12.0. The van der Waals surface area contributed by atoms with E-state index in [-0.39, 0.29) is 0 Å². The summed E-state index contributed by atoms with van der Waals surface area (Å²) in [7, 11) is 0. The van der Waals surface area contributed by atoms with E-state index < -0.39 is 0 Å². The molecule has 1 aromatic heterocycles. The van der Waals surface area contributed by atoms with Gasteiger partial charge in [-0.25, -0.2) is 9.97 Å². The molecule has 3 N–H and O–H groups in total. The first-order valence-corrected chi connectivity index (χ1v) is 7.51. The molecule has 19 heavy (non-hydrogen) atoms. The van der Waals surface area contributed by atoms with Crippen LogP contribution in [0.15, 0.2) is 0 Å². The number of hydrogen-bond acceptors (Lipinski definition) is 4. The van der Waals surface area contributed by atoms with E-state index in [0.29, 0.717) is 11.2 Å². The number of rotatable bonds is 6. The molecule has 4 heteroatoms. The van der Waals surface area contributed by atoms with E-state index in [1.54, 1.807) is 0 Å². The van der Waals surface area contributed by atoms with E-state index in [1.165, 1.54) is 25.7 Å². The minimum Gasteiger partial charge on any atom is -0.383 e. The summed E-state index contributed by atoms with van der Waals surface area (Å²) in [5.41, 5.74) is 7.56. The molecule has 0 aromatic carbocycles. The molecule has 1 heterocycles. The molecule has 104 valence electrons. The molecular weight excluding hydrogens is 236 g/mol. The van der Waals surface area contributed by atoms with E-state index in [1.807, 2.05) is 6.92 Å². The molecule has 0 saturated heterocycles. The largest absolute Gasteiger partial charge is 0.383 e. The Morgan fingerprint density at radius 3 is 2.63 bits per heavy atom. The fourth-order valence-electron chi connectivity index (χ4n) is 2.94. The minimum atomic E-state index is 0.580. The molecule has 0 radical (unpaired) electrons. The standard InChI is InChI=1S/C15H24N4/c1-3-4-12-18-13(16)10(2)14(19-12)17-9-15(7-8-15)11-5-6-11/h11H,3-9H2,1-2H3,(H3,16,17,18,19). The van der Waals surface area contributed by atoms with Gasteiger partial charge >= 0.3 is 0 Å². The van der Waals surface area contributed by atoms with Gasteiger partial charge in [0.05, 0.1) is 0 Å². The summed E-state index contributed by atoms with van der Waals surface area (Å²) >= 11 is 0. The molecule has 0 bridgehead atoms. The molecule has 4 nitrogen and oxygen atoms in total. The van der Waals surface area contributed by atoms with Crippen LogP contribution in [0, 0.1) is 18.3 Å². The molecule has 1 aromatic rings. The van der Waals surface area contributed by atoms with E-state index in [0.717, 1.165) is 42.5 Å². The zero-order valence-electron chi connectivity index (χ0n) is 12.0. The van der Waals surface area contributed by atoms with Crippen LogP contribution in [0.2, 0.25) is 0 Å². The average molecular weight is 260 g/mol. The lowest BCUT2D eigenvalue weighted by Crippen LogP contribution is -2.19. The maximum Gasteiger partial charge on any atom is 0.134 e. The molecule has 0 amide bonds. The molecular formula is C15H24N4. The van der Waals surface area contributed by atoms with Crippen molar-refractivity contribution in [2.24, 2.45) is 11.3 Å². The highest BCUT2D eigenvalue weighted by atomic mass is 15.1. The van der Waals surface area contributed by atoms with Crippen LogP contribution in [0.4, 0.5) is 11.6 Å². The van der Waals surface area contributed by atoms with Gasteiger partial charge in [-0.1, -0.05) is 6.92 Å². The van der Waals surface area contributed by atoms with Crippen molar-refractivity contribution < 1.29 is 0 Å². The summed E-state index contributed by atoms with van der Waals surface area (Å²) in [5.74, 6) is 3.40. The molecule has 2 aliphatic carbocycles. The maximum atomic E-state index is 5.99. The van der Waals surface area contributed by atoms with Gasteiger partial charge in [-0.3, -0.25) is 0 Å². The second-order valence-corrected chi connectivity index (χ2v) is 6.24. The predicted molar refractivity (Wildman–Crippen MR) is 78.1 cm³/mol. The van der Waals surface area contributed by atoms with Crippen LogP contribution in [-0.2, 0) is 6.42 Å². The summed E-state index contributed by atoms with van der Waals surface area (Å²) in [6, 6.07) is 0. The van der Waals surface area contributed by atoms with E-state index in [9.17, 15) is 0 Å².